The maximum Gasteiger partial charge on any atom is 0.313 e. The van der Waals surface area contributed by atoms with Crippen LogP contribution in [-0.2, 0) is 13.1 Å². The first kappa shape index (κ1) is 13.3. The lowest BCUT2D eigenvalue weighted by Crippen LogP contribution is -2.20. The van der Waals surface area contributed by atoms with Gasteiger partial charge in [0.15, 0.2) is 0 Å². The van der Waals surface area contributed by atoms with Gasteiger partial charge in [-0.25, -0.2) is 4.98 Å². The second-order valence-electron chi connectivity index (χ2n) is 4.10. The highest BCUT2D eigenvalue weighted by molar-refractivity contribution is 5.31. The van der Waals surface area contributed by atoms with E-state index in [9.17, 15) is 4.79 Å². The average Bonchev–Trinajstić information content (AvgIpc) is 2.42. The summed E-state index contributed by atoms with van der Waals surface area (Å²) in [5.74, 6) is 0.720. The topological polar surface area (TPSA) is 56.1 Å². The van der Waals surface area contributed by atoms with Crippen LogP contribution in [0.3, 0.4) is 0 Å². The molecule has 100 valence electrons. The quantitative estimate of drug-likeness (QED) is 0.889. The number of aromatic nitrogens is 2. The van der Waals surface area contributed by atoms with Crippen molar-refractivity contribution in [3.05, 3.63) is 52.6 Å². The Morgan fingerprint density at radius 2 is 2.26 bits per heavy atom. The van der Waals surface area contributed by atoms with E-state index in [4.69, 9.17) is 4.74 Å². The van der Waals surface area contributed by atoms with E-state index in [2.05, 4.69) is 10.3 Å². The highest BCUT2D eigenvalue weighted by Gasteiger charge is 2.06. The summed E-state index contributed by atoms with van der Waals surface area (Å²) in [7, 11) is 1.88. The van der Waals surface area contributed by atoms with Crippen molar-refractivity contribution < 1.29 is 4.74 Å². The van der Waals surface area contributed by atoms with Gasteiger partial charge in [0.1, 0.15) is 5.75 Å². The number of nitrogens with zero attached hydrogens (tertiary/aromatic N) is 2. The Hall–Kier alpha value is -2.14. The molecule has 0 fully saturated rings. The molecule has 0 spiro atoms. The van der Waals surface area contributed by atoms with Crippen molar-refractivity contribution in [1.82, 2.24) is 14.9 Å². The van der Waals surface area contributed by atoms with Crippen molar-refractivity contribution in [2.24, 2.45) is 0 Å². The van der Waals surface area contributed by atoms with Gasteiger partial charge in [-0.3, -0.25) is 4.79 Å². The number of hydrogen-bond donors (Lipinski definition) is 1. The molecule has 0 radical (unpaired) electrons. The van der Waals surface area contributed by atoms with Crippen molar-refractivity contribution in [3.63, 3.8) is 0 Å². The van der Waals surface area contributed by atoms with Crippen LogP contribution >= 0.6 is 0 Å². The standard InChI is InChI=1S/C14H17N3O2/c1-3-17-8-7-16-13(14(17)18)19-12-6-4-5-11(9-12)10-15-2/h4-9,15H,3,10H2,1-2H3. The lowest BCUT2D eigenvalue weighted by Gasteiger charge is -2.08. The lowest BCUT2D eigenvalue weighted by molar-refractivity contribution is 0.445. The molecule has 0 aliphatic heterocycles. The number of aryl methyl sites for hydroxylation is 1. The molecule has 1 aromatic heterocycles. The highest BCUT2D eigenvalue weighted by atomic mass is 16.5. The molecule has 1 N–H and O–H groups in total. The maximum atomic E-state index is 12.0. The van der Waals surface area contributed by atoms with E-state index < -0.39 is 0 Å². The molecule has 0 saturated carbocycles. The SMILES string of the molecule is CCn1ccnc(Oc2cccc(CNC)c2)c1=O. The third kappa shape index (κ3) is 3.20. The molecule has 0 unspecified atom stereocenters. The van der Waals surface area contributed by atoms with Crippen LogP contribution in [0, 0.1) is 0 Å². The van der Waals surface area contributed by atoms with E-state index in [0.717, 1.165) is 12.1 Å². The van der Waals surface area contributed by atoms with Crippen LogP contribution < -0.4 is 15.6 Å². The van der Waals surface area contributed by atoms with E-state index in [1.807, 2.05) is 38.2 Å². The van der Waals surface area contributed by atoms with Crippen LogP contribution in [0.4, 0.5) is 0 Å². The van der Waals surface area contributed by atoms with E-state index in [0.29, 0.717) is 12.3 Å². The molecular formula is C14H17N3O2. The van der Waals surface area contributed by atoms with Gasteiger partial charge in [-0.15, -0.1) is 0 Å². The van der Waals surface area contributed by atoms with Gasteiger partial charge in [0.05, 0.1) is 0 Å². The summed E-state index contributed by atoms with van der Waals surface area (Å²) in [5, 5.41) is 3.07. The van der Waals surface area contributed by atoms with Gasteiger partial charge in [0.25, 0.3) is 5.88 Å². The van der Waals surface area contributed by atoms with Gasteiger partial charge >= 0.3 is 5.56 Å². The highest BCUT2D eigenvalue weighted by Crippen LogP contribution is 2.17. The number of hydrogen-bond acceptors (Lipinski definition) is 4. The Balaban J connectivity index is 2.26. The summed E-state index contributed by atoms with van der Waals surface area (Å²) in [6.45, 7) is 3.24. The van der Waals surface area contributed by atoms with Crippen LogP contribution in [0.5, 0.6) is 11.6 Å². The molecular weight excluding hydrogens is 242 g/mol. The van der Waals surface area contributed by atoms with Crippen molar-refractivity contribution >= 4 is 0 Å². The van der Waals surface area contributed by atoms with Crippen molar-refractivity contribution in [1.29, 1.82) is 0 Å². The molecule has 0 atom stereocenters. The van der Waals surface area contributed by atoms with Gasteiger partial charge < -0.3 is 14.6 Å². The first-order valence-electron chi connectivity index (χ1n) is 6.21. The molecule has 1 heterocycles. The van der Waals surface area contributed by atoms with Crippen LogP contribution in [-0.4, -0.2) is 16.6 Å². The first-order chi connectivity index (χ1) is 9.24. The normalized spacial score (nSPS) is 10.4. The number of rotatable bonds is 5. The summed E-state index contributed by atoms with van der Waals surface area (Å²) in [6, 6.07) is 7.58. The Morgan fingerprint density at radius 3 is 3.00 bits per heavy atom. The summed E-state index contributed by atoms with van der Waals surface area (Å²) in [5.41, 5.74) is 0.871. The molecule has 2 aromatic rings. The Kier molecular flexibility index (Phi) is 4.30. The zero-order valence-electron chi connectivity index (χ0n) is 11.1. The molecule has 5 heteroatoms. The molecule has 0 bridgehead atoms. The predicted molar refractivity (Wildman–Crippen MR) is 73.5 cm³/mol. The molecule has 5 nitrogen and oxygen atoms in total. The molecule has 19 heavy (non-hydrogen) atoms. The average molecular weight is 259 g/mol. The second-order valence-corrected chi connectivity index (χ2v) is 4.10. The predicted octanol–water partition coefficient (Wildman–Crippen LogP) is 1.77. The molecule has 1 aromatic carbocycles. The van der Waals surface area contributed by atoms with Gasteiger partial charge in [-0.1, -0.05) is 12.1 Å². The fraction of sp³-hybridized carbons (Fsp3) is 0.286. The van der Waals surface area contributed by atoms with E-state index in [-0.39, 0.29) is 11.4 Å². The smallest absolute Gasteiger partial charge is 0.313 e. The van der Waals surface area contributed by atoms with Crippen molar-refractivity contribution in [3.8, 4) is 11.6 Å². The van der Waals surface area contributed by atoms with Crippen LogP contribution in [0.15, 0.2) is 41.5 Å². The lowest BCUT2D eigenvalue weighted by atomic mass is 10.2. The summed E-state index contributed by atoms with van der Waals surface area (Å²) in [6.07, 6.45) is 3.21. The molecule has 2 rings (SSSR count). The number of nitrogens with one attached hydrogen (secondary N) is 1. The van der Waals surface area contributed by atoms with Crippen molar-refractivity contribution in [2.75, 3.05) is 7.05 Å². The minimum atomic E-state index is -0.219. The molecule has 0 aliphatic carbocycles. The second kappa shape index (κ2) is 6.15. The Bertz CT molecular complexity index is 608. The van der Waals surface area contributed by atoms with Gasteiger partial charge in [-0.05, 0) is 31.7 Å². The fourth-order valence-electron chi connectivity index (χ4n) is 1.78. The first-order valence-corrected chi connectivity index (χ1v) is 6.21. The maximum absolute atomic E-state index is 12.0. The molecule has 0 aliphatic rings. The molecule has 0 amide bonds. The monoisotopic (exact) mass is 259 g/mol. The minimum Gasteiger partial charge on any atom is -0.435 e. The van der Waals surface area contributed by atoms with E-state index >= 15 is 0 Å². The largest absolute Gasteiger partial charge is 0.435 e. The van der Waals surface area contributed by atoms with Gasteiger partial charge in [0, 0.05) is 25.5 Å². The zero-order valence-corrected chi connectivity index (χ0v) is 11.1. The van der Waals surface area contributed by atoms with E-state index in [1.165, 1.54) is 0 Å². The fourth-order valence-corrected chi connectivity index (χ4v) is 1.78. The summed E-state index contributed by atoms with van der Waals surface area (Å²) < 4.78 is 7.12. The third-order valence-electron chi connectivity index (χ3n) is 2.72. The van der Waals surface area contributed by atoms with Gasteiger partial charge in [-0.2, -0.15) is 0 Å². The third-order valence-corrected chi connectivity index (χ3v) is 2.72. The summed E-state index contributed by atoms with van der Waals surface area (Å²) in [4.78, 5) is 16.0. The number of benzene rings is 1. The minimum absolute atomic E-state index is 0.103. The Morgan fingerprint density at radius 1 is 1.42 bits per heavy atom. The number of ether oxygens (including phenoxy) is 1. The zero-order chi connectivity index (χ0) is 13.7. The van der Waals surface area contributed by atoms with Gasteiger partial charge in [0.2, 0.25) is 0 Å². The van der Waals surface area contributed by atoms with Crippen molar-refractivity contribution in [2.45, 2.75) is 20.0 Å². The molecule has 0 saturated heterocycles. The van der Waals surface area contributed by atoms with Crippen LogP contribution in [0.2, 0.25) is 0 Å². The summed E-state index contributed by atoms with van der Waals surface area (Å²) >= 11 is 0. The Labute approximate surface area is 111 Å². The van der Waals surface area contributed by atoms with E-state index in [1.54, 1.807) is 17.0 Å². The van der Waals surface area contributed by atoms with Crippen LogP contribution in [0.25, 0.3) is 0 Å². The van der Waals surface area contributed by atoms with Crippen LogP contribution in [0.1, 0.15) is 12.5 Å².